The zero-order valence-corrected chi connectivity index (χ0v) is 12.3. The molecule has 1 saturated heterocycles. The van der Waals surface area contributed by atoms with Gasteiger partial charge in [0.2, 0.25) is 0 Å². The fraction of sp³-hybridized carbons (Fsp3) is 0.250. The lowest BCUT2D eigenvalue weighted by atomic mass is 10.00. The van der Waals surface area contributed by atoms with Crippen LogP contribution in [0, 0.1) is 0 Å². The number of pyridine rings is 1. The third kappa shape index (κ3) is 3.52. The van der Waals surface area contributed by atoms with Crippen molar-refractivity contribution >= 4 is 17.6 Å². The van der Waals surface area contributed by atoms with E-state index in [4.69, 9.17) is 16.6 Å². The zero-order chi connectivity index (χ0) is 14.5. The zero-order valence-electron chi connectivity index (χ0n) is 11.6. The first-order valence-electron chi connectivity index (χ1n) is 7.02. The van der Waals surface area contributed by atoms with Crippen LogP contribution in [0.4, 0.5) is 0 Å². The Morgan fingerprint density at radius 2 is 1.81 bits per heavy atom. The van der Waals surface area contributed by atoms with E-state index in [0.717, 1.165) is 36.1 Å². The highest BCUT2D eigenvalue weighted by Gasteiger charge is 2.17. The van der Waals surface area contributed by atoms with Crippen molar-refractivity contribution in [1.29, 1.82) is 0 Å². The Morgan fingerprint density at radius 1 is 1.10 bits per heavy atom. The van der Waals surface area contributed by atoms with Gasteiger partial charge in [0.25, 0.3) is 0 Å². The molecule has 1 aromatic heterocycles. The average molecular weight is 301 g/mol. The Morgan fingerprint density at radius 3 is 2.52 bits per heavy atom. The van der Waals surface area contributed by atoms with E-state index >= 15 is 0 Å². The van der Waals surface area contributed by atoms with E-state index in [-0.39, 0.29) is 6.04 Å². The average Bonchev–Trinajstić information content (AvgIpc) is 3.01. The van der Waals surface area contributed by atoms with Gasteiger partial charge < -0.3 is 10.6 Å². The summed E-state index contributed by atoms with van der Waals surface area (Å²) >= 11 is 6.35. The molecular weight excluding hydrogens is 284 g/mol. The molecule has 21 heavy (non-hydrogen) atoms. The van der Waals surface area contributed by atoms with Crippen molar-refractivity contribution in [3.63, 3.8) is 0 Å². The molecule has 2 aromatic rings. The van der Waals surface area contributed by atoms with Crippen molar-refractivity contribution in [2.45, 2.75) is 12.5 Å². The number of hydrogen-bond acceptors (Lipinski definition) is 2. The highest BCUT2D eigenvalue weighted by atomic mass is 35.5. The molecule has 5 heteroatoms. The predicted octanol–water partition coefficient (Wildman–Crippen LogP) is 2.57. The summed E-state index contributed by atoms with van der Waals surface area (Å²) in [5, 5.41) is 7.24. The number of halogens is 1. The Labute approximate surface area is 129 Å². The highest BCUT2D eigenvalue weighted by molar-refractivity contribution is 6.31. The van der Waals surface area contributed by atoms with Crippen LogP contribution in [0.25, 0.3) is 0 Å². The van der Waals surface area contributed by atoms with Gasteiger partial charge in [0, 0.05) is 30.5 Å². The smallest absolute Gasteiger partial charge is 0.192 e. The van der Waals surface area contributed by atoms with Gasteiger partial charge in [0.1, 0.15) is 0 Å². The maximum atomic E-state index is 6.35. The summed E-state index contributed by atoms with van der Waals surface area (Å²) in [4.78, 5) is 8.85. The largest absolute Gasteiger partial charge is 0.355 e. The van der Waals surface area contributed by atoms with Crippen LogP contribution in [0.5, 0.6) is 0 Å². The van der Waals surface area contributed by atoms with Gasteiger partial charge in [-0.15, -0.1) is 0 Å². The SMILES string of the molecule is Clc1ccccc1C(Cc1ccncc1)N=C1NCCN1. The van der Waals surface area contributed by atoms with Gasteiger partial charge in [-0.1, -0.05) is 29.8 Å². The standard InChI is InChI=1S/C16H17ClN4/c17-14-4-2-1-3-13(14)15(21-16-19-9-10-20-16)11-12-5-7-18-8-6-12/h1-8,15H,9-11H2,(H2,19,20,21). The van der Waals surface area contributed by atoms with Crippen LogP contribution in [0.15, 0.2) is 53.8 Å². The van der Waals surface area contributed by atoms with Crippen molar-refractivity contribution in [2.24, 2.45) is 4.99 Å². The molecular formula is C16H17ClN4. The highest BCUT2D eigenvalue weighted by Crippen LogP contribution is 2.28. The molecule has 0 aliphatic carbocycles. The summed E-state index contributed by atoms with van der Waals surface area (Å²) in [7, 11) is 0. The van der Waals surface area contributed by atoms with Crippen LogP contribution in [0.2, 0.25) is 5.02 Å². The number of nitrogens with one attached hydrogen (secondary N) is 2. The number of rotatable bonds is 4. The fourth-order valence-corrected chi connectivity index (χ4v) is 2.65. The molecule has 0 saturated carbocycles. The molecule has 108 valence electrons. The van der Waals surface area contributed by atoms with Gasteiger partial charge in [-0.3, -0.25) is 4.98 Å². The first-order valence-corrected chi connectivity index (χ1v) is 7.39. The summed E-state index contributed by atoms with van der Waals surface area (Å²) in [6.45, 7) is 1.81. The molecule has 0 amide bonds. The van der Waals surface area contributed by atoms with Crippen molar-refractivity contribution in [3.8, 4) is 0 Å². The number of benzene rings is 1. The number of aromatic nitrogens is 1. The van der Waals surface area contributed by atoms with Gasteiger partial charge in [-0.05, 0) is 35.7 Å². The minimum atomic E-state index is -0.0193. The van der Waals surface area contributed by atoms with Gasteiger partial charge >= 0.3 is 0 Å². The maximum Gasteiger partial charge on any atom is 0.192 e. The van der Waals surface area contributed by atoms with Crippen LogP contribution < -0.4 is 10.6 Å². The van der Waals surface area contributed by atoms with Crippen LogP contribution in [0.1, 0.15) is 17.2 Å². The molecule has 1 unspecified atom stereocenters. The third-order valence-corrected chi connectivity index (χ3v) is 3.78. The van der Waals surface area contributed by atoms with E-state index in [9.17, 15) is 0 Å². The topological polar surface area (TPSA) is 49.3 Å². The lowest BCUT2D eigenvalue weighted by molar-refractivity contribution is 0.716. The number of hydrogen-bond donors (Lipinski definition) is 2. The molecule has 0 spiro atoms. The van der Waals surface area contributed by atoms with E-state index < -0.39 is 0 Å². The minimum Gasteiger partial charge on any atom is -0.355 e. The summed E-state index contributed by atoms with van der Waals surface area (Å²) in [5.41, 5.74) is 2.23. The number of guanidine groups is 1. The first kappa shape index (κ1) is 13.9. The molecule has 0 bridgehead atoms. The van der Waals surface area contributed by atoms with Crippen LogP contribution in [-0.2, 0) is 6.42 Å². The molecule has 2 heterocycles. The summed E-state index contributed by atoms with van der Waals surface area (Å²) in [6, 6.07) is 11.9. The number of nitrogens with zero attached hydrogens (tertiary/aromatic N) is 2. The van der Waals surface area contributed by atoms with E-state index in [1.54, 1.807) is 12.4 Å². The summed E-state index contributed by atoms with van der Waals surface area (Å²) in [6.07, 6.45) is 4.40. The minimum absolute atomic E-state index is 0.0193. The first-order chi connectivity index (χ1) is 10.3. The van der Waals surface area contributed by atoms with E-state index in [0.29, 0.717) is 0 Å². The Hall–Kier alpha value is -2.07. The van der Waals surface area contributed by atoms with Crippen LogP contribution >= 0.6 is 11.6 Å². The second kappa shape index (κ2) is 6.59. The lowest BCUT2D eigenvalue weighted by Crippen LogP contribution is -2.25. The Bertz CT molecular complexity index is 619. The molecule has 3 rings (SSSR count). The van der Waals surface area contributed by atoms with Gasteiger partial charge in [0.05, 0.1) is 6.04 Å². The second-order valence-corrected chi connectivity index (χ2v) is 5.34. The molecule has 1 aromatic carbocycles. The molecule has 1 aliphatic rings. The van der Waals surface area contributed by atoms with Crippen LogP contribution in [-0.4, -0.2) is 24.0 Å². The molecule has 4 nitrogen and oxygen atoms in total. The Kier molecular flexibility index (Phi) is 4.36. The van der Waals surface area contributed by atoms with E-state index in [2.05, 4.69) is 15.6 Å². The van der Waals surface area contributed by atoms with Gasteiger partial charge in [-0.25, -0.2) is 4.99 Å². The van der Waals surface area contributed by atoms with E-state index in [1.807, 2.05) is 36.4 Å². The van der Waals surface area contributed by atoms with E-state index in [1.165, 1.54) is 5.56 Å². The number of aliphatic imine (C=N–C) groups is 1. The quantitative estimate of drug-likeness (QED) is 0.912. The fourth-order valence-electron chi connectivity index (χ4n) is 2.38. The summed E-state index contributed by atoms with van der Waals surface area (Å²) in [5.74, 6) is 0.842. The lowest BCUT2D eigenvalue weighted by Gasteiger charge is -2.16. The predicted molar refractivity (Wildman–Crippen MR) is 85.6 cm³/mol. The van der Waals surface area contributed by atoms with Crippen LogP contribution in [0.3, 0.4) is 0 Å². The van der Waals surface area contributed by atoms with Gasteiger partial charge in [0.15, 0.2) is 5.96 Å². The molecule has 1 atom stereocenters. The maximum absolute atomic E-state index is 6.35. The van der Waals surface area contributed by atoms with Crippen molar-refractivity contribution < 1.29 is 0 Å². The summed E-state index contributed by atoms with van der Waals surface area (Å²) < 4.78 is 0. The third-order valence-electron chi connectivity index (χ3n) is 3.44. The van der Waals surface area contributed by atoms with Gasteiger partial charge in [-0.2, -0.15) is 0 Å². The van der Waals surface area contributed by atoms with Crippen molar-refractivity contribution in [2.75, 3.05) is 13.1 Å². The van der Waals surface area contributed by atoms with Crippen molar-refractivity contribution in [3.05, 3.63) is 64.9 Å². The molecule has 2 N–H and O–H groups in total. The molecule has 0 radical (unpaired) electrons. The van der Waals surface area contributed by atoms with Crippen molar-refractivity contribution in [1.82, 2.24) is 15.6 Å². The molecule has 1 aliphatic heterocycles. The monoisotopic (exact) mass is 300 g/mol. The normalized spacial score (nSPS) is 15.2. The second-order valence-electron chi connectivity index (χ2n) is 4.93. The molecule has 1 fully saturated rings. The Balaban J connectivity index is 1.91.